The predicted octanol–water partition coefficient (Wildman–Crippen LogP) is 3.83. The lowest BCUT2D eigenvalue weighted by atomic mass is 10.1. The van der Waals surface area contributed by atoms with E-state index in [0.29, 0.717) is 0 Å². The minimum atomic E-state index is 0. The number of ether oxygens (including phenoxy) is 1. The molecule has 1 fully saturated rings. The van der Waals surface area contributed by atoms with Gasteiger partial charge in [0, 0.05) is 12.3 Å². The van der Waals surface area contributed by atoms with Gasteiger partial charge in [-0.1, -0.05) is 12.1 Å². The van der Waals surface area contributed by atoms with Gasteiger partial charge in [0.2, 0.25) is 0 Å². The smallest absolute Gasteiger partial charge is 0.118 e. The topological polar surface area (TPSA) is 12.5 Å². The summed E-state index contributed by atoms with van der Waals surface area (Å²) in [5.74, 6) is 2.25. The summed E-state index contributed by atoms with van der Waals surface area (Å²) in [7, 11) is 1.71. The largest absolute Gasteiger partial charge is 0.497 e. The Hall–Kier alpha value is -0.380. The van der Waals surface area contributed by atoms with Gasteiger partial charge in [0.15, 0.2) is 0 Å². The van der Waals surface area contributed by atoms with E-state index in [1.165, 1.54) is 43.7 Å². The van der Waals surface area contributed by atoms with Crippen LogP contribution in [-0.4, -0.2) is 36.2 Å². The maximum atomic E-state index is 5.17. The Morgan fingerprint density at radius 3 is 2.58 bits per heavy atom. The van der Waals surface area contributed by atoms with Gasteiger partial charge >= 0.3 is 0 Å². The quantitative estimate of drug-likeness (QED) is 0.741. The third kappa shape index (κ3) is 5.25. The Labute approximate surface area is 127 Å². The van der Waals surface area contributed by atoms with Gasteiger partial charge in [0.1, 0.15) is 5.75 Å². The van der Waals surface area contributed by atoms with Crippen LogP contribution in [0.4, 0.5) is 0 Å². The molecule has 0 spiro atoms. The van der Waals surface area contributed by atoms with Crippen LogP contribution in [0.15, 0.2) is 24.3 Å². The molecule has 1 aliphatic heterocycles. The number of thioether (sulfide) groups is 1. The Morgan fingerprint density at radius 1 is 1.26 bits per heavy atom. The van der Waals surface area contributed by atoms with Crippen LogP contribution in [0, 0.1) is 0 Å². The number of benzene rings is 1. The number of rotatable bonds is 6. The molecular formula is C15H24ClNOS. The van der Waals surface area contributed by atoms with E-state index in [1.807, 2.05) is 0 Å². The van der Waals surface area contributed by atoms with Crippen LogP contribution in [0.25, 0.3) is 0 Å². The van der Waals surface area contributed by atoms with E-state index >= 15 is 0 Å². The number of nitrogens with zero attached hydrogens (tertiary/aromatic N) is 1. The fourth-order valence-electron chi connectivity index (χ4n) is 2.36. The summed E-state index contributed by atoms with van der Waals surface area (Å²) in [6.07, 6.45) is 3.76. The summed E-state index contributed by atoms with van der Waals surface area (Å²) in [5, 5.41) is 0.728. The number of halogens is 1. The van der Waals surface area contributed by atoms with Gasteiger partial charge in [-0.25, -0.2) is 0 Å². The second kappa shape index (κ2) is 8.72. The molecule has 1 saturated heterocycles. The molecule has 4 heteroatoms. The highest BCUT2D eigenvalue weighted by Gasteiger charge is 2.19. The van der Waals surface area contributed by atoms with Crippen LogP contribution in [-0.2, 0) is 6.42 Å². The lowest BCUT2D eigenvalue weighted by Crippen LogP contribution is -2.27. The van der Waals surface area contributed by atoms with E-state index in [9.17, 15) is 0 Å². The predicted molar refractivity (Wildman–Crippen MR) is 86.7 cm³/mol. The zero-order valence-electron chi connectivity index (χ0n) is 11.8. The van der Waals surface area contributed by atoms with Gasteiger partial charge in [0.05, 0.1) is 12.5 Å². The zero-order chi connectivity index (χ0) is 12.8. The number of aryl methyl sites for hydroxylation is 1. The van der Waals surface area contributed by atoms with E-state index in [4.69, 9.17) is 4.74 Å². The summed E-state index contributed by atoms with van der Waals surface area (Å²) < 4.78 is 5.17. The maximum absolute atomic E-state index is 5.17. The van der Waals surface area contributed by atoms with Crippen molar-refractivity contribution in [1.29, 1.82) is 0 Å². The average Bonchev–Trinajstić information content (AvgIpc) is 2.81. The molecule has 1 unspecified atom stereocenters. The second-order valence-electron chi connectivity index (χ2n) is 4.81. The molecule has 0 aromatic heterocycles. The van der Waals surface area contributed by atoms with Crippen LogP contribution in [0.5, 0.6) is 5.75 Å². The molecule has 0 bridgehead atoms. The van der Waals surface area contributed by atoms with Crippen molar-refractivity contribution in [2.45, 2.75) is 31.6 Å². The minimum absolute atomic E-state index is 0. The molecule has 0 aliphatic carbocycles. The van der Waals surface area contributed by atoms with Crippen molar-refractivity contribution in [3.63, 3.8) is 0 Å². The number of hydrogen-bond acceptors (Lipinski definition) is 3. The lowest BCUT2D eigenvalue weighted by molar-refractivity contribution is 0.292. The molecule has 2 nitrogen and oxygen atoms in total. The van der Waals surface area contributed by atoms with Gasteiger partial charge < -0.3 is 4.74 Å². The van der Waals surface area contributed by atoms with E-state index in [1.54, 1.807) is 7.11 Å². The highest BCUT2D eigenvalue weighted by molar-refractivity contribution is 8.00. The normalized spacial score (nSPS) is 19.2. The first-order valence-corrected chi connectivity index (χ1v) is 7.83. The second-order valence-corrected chi connectivity index (χ2v) is 6.24. The van der Waals surface area contributed by atoms with Crippen LogP contribution in [0.2, 0.25) is 0 Å². The molecule has 1 atom stereocenters. The summed E-state index contributed by atoms with van der Waals surface area (Å²) in [4.78, 5) is 2.60. The summed E-state index contributed by atoms with van der Waals surface area (Å²) in [6.45, 7) is 4.85. The fourth-order valence-corrected chi connectivity index (χ4v) is 3.46. The molecule has 1 aromatic rings. The molecule has 2 rings (SSSR count). The third-order valence-electron chi connectivity index (χ3n) is 3.57. The van der Waals surface area contributed by atoms with Crippen molar-refractivity contribution in [3.05, 3.63) is 29.8 Å². The van der Waals surface area contributed by atoms with Crippen LogP contribution in [0.1, 0.15) is 25.3 Å². The number of unbranched alkanes of at least 4 members (excludes halogenated alkanes) is 1. The highest BCUT2D eigenvalue weighted by Crippen LogP contribution is 2.23. The molecule has 19 heavy (non-hydrogen) atoms. The van der Waals surface area contributed by atoms with Gasteiger partial charge in [-0.15, -0.1) is 24.2 Å². The monoisotopic (exact) mass is 301 g/mol. The molecule has 1 aromatic carbocycles. The van der Waals surface area contributed by atoms with Gasteiger partial charge in [-0.05, 0) is 50.4 Å². The van der Waals surface area contributed by atoms with E-state index < -0.39 is 0 Å². The molecule has 0 radical (unpaired) electrons. The van der Waals surface area contributed by atoms with Crippen molar-refractivity contribution in [2.75, 3.05) is 26.0 Å². The van der Waals surface area contributed by atoms with Crippen LogP contribution >= 0.6 is 24.2 Å². The SMILES string of the molecule is COc1ccc(CCCCN2CCSC2C)cc1.Cl. The summed E-state index contributed by atoms with van der Waals surface area (Å²) in [6, 6.07) is 8.45. The number of hydrogen-bond donors (Lipinski definition) is 0. The minimum Gasteiger partial charge on any atom is -0.497 e. The van der Waals surface area contributed by atoms with Crippen molar-refractivity contribution >= 4 is 24.2 Å². The highest BCUT2D eigenvalue weighted by atomic mass is 35.5. The first kappa shape index (κ1) is 16.7. The first-order chi connectivity index (χ1) is 8.79. The summed E-state index contributed by atoms with van der Waals surface area (Å²) in [5.41, 5.74) is 1.42. The maximum Gasteiger partial charge on any atom is 0.118 e. The van der Waals surface area contributed by atoms with Crippen molar-refractivity contribution in [1.82, 2.24) is 4.90 Å². The van der Waals surface area contributed by atoms with E-state index in [0.717, 1.165) is 11.1 Å². The van der Waals surface area contributed by atoms with Gasteiger partial charge in [-0.2, -0.15) is 0 Å². The van der Waals surface area contributed by atoms with E-state index in [2.05, 4.69) is 47.9 Å². The molecule has 1 aliphatic rings. The third-order valence-corrected chi connectivity index (χ3v) is 4.77. The molecule has 0 saturated carbocycles. The Morgan fingerprint density at radius 2 is 2.00 bits per heavy atom. The Bertz CT molecular complexity index is 358. The first-order valence-electron chi connectivity index (χ1n) is 6.78. The molecule has 0 N–H and O–H groups in total. The fraction of sp³-hybridized carbons (Fsp3) is 0.600. The van der Waals surface area contributed by atoms with Gasteiger partial charge in [0.25, 0.3) is 0 Å². The van der Waals surface area contributed by atoms with Crippen molar-refractivity contribution < 1.29 is 4.74 Å². The lowest BCUT2D eigenvalue weighted by Gasteiger charge is -2.19. The molecular weight excluding hydrogens is 278 g/mol. The Balaban J connectivity index is 0.00000180. The van der Waals surface area contributed by atoms with Crippen molar-refractivity contribution in [2.24, 2.45) is 0 Å². The number of methoxy groups -OCH3 is 1. The summed E-state index contributed by atoms with van der Waals surface area (Å²) >= 11 is 2.08. The molecule has 1 heterocycles. The molecule has 0 amide bonds. The standard InChI is InChI=1S/C15H23NOS.ClH/c1-13-16(11-12-18-13)10-4-3-5-14-6-8-15(17-2)9-7-14;/h6-9,13H,3-5,10-12H2,1-2H3;1H. The van der Waals surface area contributed by atoms with Crippen LogP contribution in [0.3, 0.4) is 0 Å². The van der Waals surface area contributed by atoms with Gasteiger partial charge in [-0.3, -0.25) is 4.90 Å². The van der Waals surface area contributed by atoms with Crippen molar-refractivity contribution in [3.8, 4) is 5.75 Å². The van der Waals surface area contributed by atoms with E-state index in [-0.39, 0.29) is 12.4 Å². The molecule has 108 valence electrons. The Kier molecular flexibility index (Phi) is 7.66. The zero-order valence-corrected chi connectivity index (χ0v) is 13.4. The van der Waals surface area contributed by atoms with Crippen LogP contribution < -0.4 is 4.74 Å². The average molecular weight is 302 g/mol.